The van der Waals surface area contributed by atoms with Gasteiger partial charge in [0.15, 0.2) is 0 Å². The SMILES string of the molecule is COC(=O)c1ccc(-n2c(C)cc(C=Nc3ccc([N+](=O)[O-])cc3)c2C)cc1. The van der Waals surface area contributed by atoms with Crippen LogP contribution in [0.4, 0.5) is 11.4 Å². The molecule has 0 aliphatic heterocycles. The second kappa shape index (κ2) is 7.87. The van der Waals surface area contributed by atoms with Crippen LogP contribution in [-0.4, -0.2) is 28.8 Å². The fraction of sp³-hybridized carbons (Fsp3) is 0.143. The van der Waals surface area contributed by atoms with Crippen molar-refractivity contribution < 1.29 is 14.5 Å². The first kappa shape index (κ1) is 19.0. The van der Waals surface area contributed by atoms with E-state index in [1.807, 2.05) is 32.0 Å². The van der Waals surface area contributed by atoms with Crippen LogP contribution in [0.2, 0.25) is 0 Å². The van der Waals surface area contributed by atoms with Crippen molar-refractivity contribution in [3.8, 4) is 5.69 Å². The van der Waals surface area contributed by atoms with Crippen molar-refractivity contribution in [2.75, 3.05) is 7.11 Å². The molecule has 0 spiro atoms. The van der Waals surface area contributed by atoms with Crippen molar-refractivity contribution in [3.05, 3.63) is 87.2 Å². The summed E-state index contributed by atoms with van der Waals surface area (Å²) < 4.78 is 6.80. The molecule has 0 fully saturated rings. The lowest BCUT2D eigenvalue weighted by Crippen LogP contribution is -2.03. The standard InChI is InChI=1S/C21H19N3O4/c1-14-12-17(13-22-18-6-10-20(11-7-18)24(26)27)15(2)23(14)19-8-4-16(5-9-19)21(25)28-3/h4-13H,1-3H3. The third kappa shape index (κ3) is 3.83. The van der Waals surface area contributed by atoms with E-state index in [0.717, 1.165) is 22.6 Å². The molecule has 7 nitrogen and oxygen atoms in total. The molecule has 1 heterocycles. The second-order valence-corrected chi connectivity index (χ2v) is 6.23. The number of non-ortho nitro benzene ring substituents is 1. The van der Waals surface area contributed by atoms with E-state index >= 15 is 0 Å². The number of methoxy groups -OCH3 is 1. The van der Waals surface area contributed by atoms with Gasteiger partial charge in [-0.15, -0.1) is 0 Å². The number of nitro groups is 1. The fourth-order valence-electron chi connectivity index (χ4n) is 2.98. The second-order valence-electron chi connectivity index (χ2n) is 6.23. The normalized spacial score (nSPS) is 11.0. The number of aromatic nitrogens is 1. The largest absolute Gasteiger partial charge is 0.465 e. The van der Waals surface area contributed by atoms with Gasteiger partial charge in [0.25, 0.3) is 5.69 Å². The lowest BCUT2D eigenvalue weighted by atomic mass is 10.2. The molecule has 1 aromatic heterocycles. The first-order valence-electron chi connectivity index (χ1n) is 8.57. The minimum absolute atomic E-state index is 0.0347. The molecular formula is C21H19N3O4. The van der Waals surface area contributed by atoms with Crippen LogP contribution < -0.4 is 0 Å². The molecule has 0 saturated carbocycles. The van der Waals surface area contributed by atoms with Gasteiger partial charge in [0.2, 0.25) is 0 Å². The lowest BCUT2D eigenvalue weighted by molar-refractivity contribution is -0.384. The molecule has 0 N–H and O–H groups in total. The van der Waals surface area contributed by atoms with Crippen molar-refractivity contribution in [2.45, 2.75) is 13.8 Å². The number of hydrogen-bond donors (Lipinski definition) is 0. The van der Waals surface area contributed by atoms with Crippen molar-refractivity contribution in [1.29, 1.82) is 0 Å². The van der Waals surface area contributed by atoms with Crippen LogP contribution >= 0.6 is 0 Å². The van der Waals surface area contributed by atoms with Crippen LogP contribution in [0, 0.1) is 24.0 Å². The Balaban J connectivity index is 1.87. The van der Waals surface area contributed by atoms with E-state index in [0.29, 0.717) is 11.3 Å². The van der Waals surface area contributed by atoms with Crippen molar-refractivity contribution in [2.24, 2.45) is 4.99 Å². The summed E-state index contributed by atoms with van der Waals surface area (Å²) in [5.74, 6) is -0.372. The van der Waals surface area contributed by atoms with E-state index in [1.165, 1.54) is 19.2 Å². The third-order valence-electron chi connectivity index (χ3n) is 4.43. The number of nitrogens with zero attached hydrogens (tertiary/aromatic N) is 3. The van der Waals surface area contributed by atoms with Gasteiger partial charge in [-0.25, -0.2) is 4.79 Å². The van der Waals surface area contributed by atoms with Crippen molar-refractivity contribution in [3.63, 3.8) is 0 Å². The van der Waals surface area contributed by atoms with Crippen LogP contribution in [0.1, 0.15) is 27.3 Å². The molecule has 2 aromatic carbocycles. The van der Waals surface area contributed by atoms with Crippen molar-refractivity contribution in [1.82, 2.24) is 4.57 Å². The molecule has 0 aliphatic rings. The van der Waals surface area contributed by atoms with Gasteiger partial charge < -0.3 is 9.30 Å². The molecule has 3 rings (SSSR count). The smallest absolute Gasteiger partial charge is 0.337 e. The summed E-state index contributed by atoms with van der Waals surface area (Å²) in [6.07, 6.45) is 1.74. The van der Waals surface area contributed by atoms with Gasteiger partial charge >= 0.3 is 5.97 Å². The molecule has 0 amide bonds. The van der Waals surface area contributed by atoms with Crippen LogP contribution in [0.3, 0.4) is 0 Å². The molecule has 0 bridgehead atoms. The summed E-state index contributed by atoms with van der Waals surface area (Å²) in [7, 11) is 1.35. The zero-order valence-corrected chi connectivity index (χ0v) is 15.7. The Hall–Kier alpha value is -3.74. The monoisotopic (exact) mass is 377 g/mol. The summed E-state index contributed by atoms with van der Waals surface area (Å²) in [6.45, 7) is 3.98. The van der Waals surface area contributed by atoms with Crippen LogP contribution in [0.25, 0.3) is 5.69 Å². The van der Waals surface area contributed by atoms with Crippen LogP contribution in [-0.2, 0) is 4.74 Å². The number of rotatable bonds is 5. The highest BCUT2D eigenvalue weighted by Gasteiger charge is 2.11. The maximum atomic E-state index is 11.6. The van der Waals surface area contributed by atoms with E-state index in [-0.39, 0.29) is 11.7 Å². The number of nitro benzene ring substituents is 1. The van der Waals surface area contributed by atoms with Gasteiger partial charge in [-0.2, -0.15) is 0 Å². The molecule has 142 valence electrons. The summed E-state index contributed by atoms with van der Waals surface area (Å²) in [5, 5.41) is 10.7. The Morgan fingerprint density at radius 2 is 1.75 bits per heavy atom. The van der Waals surface area contributed by atoms with Gasteiger partial charge in [0, 0.05) is 41.0 Å². The molecule has 28 heavy (non-hydrogen) atoms. The average molecular weight is 377 g/mol. The predicted octanol–water partition coefficient (Wildman–Crippen LogP) is 4.54. The summed E-state index contributed by atoms with van der Waals surface area (Å²) >= 11 is 0. The number of hydrogen-bond acceptors (Lipinski definition) is 5. The maximum absolute atomic E-state index is 11.6. The number of ether oxygens (including phenoxy) is 1. The summed E-state index contributed by atoms with van der Waals surface area (Å²) in [5.41, 5.74) is 5.05. The van der Waals surface area contributed by atoms with Crippen LogP contribution in [0.15, 0.2) is 59.6 Å². The Kier molecular flexibility index (Phi) is 5.35. The molecule has 0 unspecified atom stereocenters. The topological polar surface area (TPSA) is 86.7 Å². The minimum Gasteiger partial charge on any atom is -0.465 e. The molecule has 3 aromatic rings. The molecule has 0 saturated heterocycles. The van der Waals surface area contributed by atoms with E-state index in [9.17, 15) is 14.9 Å². The van der Waals surface area contributed by atoms with Gasteiger partial charge in [0.1, 0.15) is 0 Å². The first-order valence-corrected chi connectivity index (χ1v) is 8.57. The van der Waals surface area contributed by atoms with E-state index < -0.39 is 4.92 Å². The average Bonchev–Trinajstić information content (AvgIpc) is 2.99. The molecular weight excluding hydrogens is 358 g/mol. The maximum Gasteiger partial charge on any atom is 0.337 e. The Morgan fingerprint density at radius 1 is 1.11 bits per heavy atom. The molecule has 0 radical (unpaired) electrons. The summed E-state index contributed by atoms with van der Waals surface area (Å²) in [4.78, 5) is 26.3. The van der Waals surface area contributed by atoms with Crippen LogP contribution in [0.5, 0.6) is 0 Å². The Bertz CT molecular complexity index is 1050. The Morgan fingerprint density at radius 3 is 2.32 bits per heavy atom. The third-order valence-corrected chi connectivity index (χ3v) is 4.43. The van der Waals surface area contributed by atoms with E-state index in [2.05, 4.69) is 9.56 Å². The highest BCUT2D eigenvalue weighted by molar-refractivity contribution is 5.89. The van der Waals surface area contributed by atoms with Gasteiger partial charge in [0.05, 0.1) is 23.3 Å². The fourth-order valence-corrected chi connectivity index (χ4v) is 2.98. The van der Waals surface area contributed by atoms with Crippen molar-refractivity contribution >= 4 is 23.6 Å². The Labute approximate surface area is 162 Å². The number of carbonyl (C=O) groups excluding carboxylic acids is 1. The quantitative estimate of drug-likeness (QED) is 0.283. The number of esters is 1. The first-order chi connectivity index (χ1) is 13.4. The molecule has 0 aliphatic carbocycles. The number of aryl methyl sites for hydroxylation is 1. The lowest BCUT2D eigenvalue weighted by Gasteiger charge is -2.10. The zero-order valence-electron chi connectivity index (χ0n) is 15.7. The minimum atomic E-state index is -0.438. The van der Waals surface area contributed by atoms with Gasteiger partial charge in [-0.3, -0.25) is 15.1 Å². The van der Waals surface area contributed by atoms with Gasteiger partial charge in [-0.1, -0.05) is 0 Å². The highest BCUT2D eigenvalue weighted by Crippen LogP contribution is 2.22. The number of carbonyl (C=O) groups is 1. The number of benzene rings is 2. The van der Waals surface area contributed by atoms with Gasteiger partial charge in [-0.05, 0) is 56.3 Å². The number of aliphatic imine (C=N–C) groups is 1. The molecule has 0 atom stereocenters. The zero-order chi connectivity index (χ0) is 20.3. The van der Waals surface area contributed by atoms with E-state index in [1.54, 1.807) is 30.5 Å². The predicted molar refractivity (Wildman–Crippen MR) is 107 cm³/mol. The summed E-state index contributed by atoms with van der Waals surface area (Å²) in [6, 6.07) is 15.3. The van der Waals surface area contributed by atoms with E-state index in [4.69, 9.17) is 4.74 Å². The highest BCUT2D eigenvalue weighted by atomic mass is 16.6. The molecule has 7 heteroatoms.